The van der Waals surface area contributed by atoms with Crippen molar-refractivity contribution >= 4 is 33.2 Å². The zero-order chi connectivity index (χ0) is 20.9. The summed E-state index contributed by atoms with van der Waals surface area (Å²) in [5.74, 6) is 1.09. The number of piperazine rings is 1. The number of halogens is 2. The van der Waals surface area contributed by atoms with Crippen LogP contribution in [-0.2, 0) is 10.0 Å². The third kappa shape index (κ3) is 4.03. The van der Waals surface area contributed by atoms with Crippen LogP contribution < -0.4 is 4.74 Å². The minimum absolute atomic E-state index is 0.0298. The van der Waals surface area contributed by atoms with Gasteiger partial charge in [0.2, 0.25) is 15.9 Å². The zero-order valence-corrected chi connectivity index (χ0v) is 18.6. The lowest BCUT2D eigenvalue weighted by Crippen LogP contribution is -2.51. The molecule has 30 heavy (non-hydrogen) atoms. The Morgan fingerprint density at radius 2 is 1.90 bits per heavy atom. The van der Waals surface area contributed by atoms with Crippen molar-refractivity contribution in [3.05, 3.63) is 46.3 Å². The molecule has 0 bridgehead atoms. The fourth-order valence-electron chi connectivity index (χ4n) is 4.24. The summed E-state index contributed by atoms with van der Waals surface area (Å²) < 4.78 is 33.8. The predicted octanol–water partition coefficient (Wildman–Crippen LogP) is 3.19. The van der Waals surface area contributed by atoms with Crippen LogP contribution in [0.25, 0.3) is 0 Å². The first-order valence-corrected chi connectivity index (χ1v) is 12.3. The Hall–Kier alpha value is -1.45. The van der Waals surface area contributed by atoms with Gasteiger partial charge in [-0.1, -0.05) is 23.2 Å². The molecule has 2 saturated heterocycles. The molecule has 7 nitrogen and oxygen atoms in total. The van der Waals surface area contributed by atoms with Gasteiger partial charge in [-0.2, -0.15) is 4.31 Å². The molecule has 0 N–H and O–H groups in total. The maximum Gasteiger partial charge on any atom is 0.244 e. The molecule has 3 heterocycles. The normalized spacial score (nSPS) is 25.3. The Kier molecular flexibility index (Phi) is 5.39. The van der Waals surface area contributed by atoms with Gasteiger partial charge in [0.05, 0.1) is 23.1 Å². The zero-order valence-electron chi connectivity index (χ0n) is 16.2. The van der Waals surface area contributed by atoms with E-state index in [9.17, 15) is 8.42 Å². The van der Waals surface area contributed by atoms with Gasteiger partial charge < -0.3 is 4.74 Å². The molecule has 0 spiro atoms. The molecule has 0 amide bonds. The first-order chi connectivity index (χ1) is 14.4. The van der Waals surface area contributed by atoms with Gasteiger partial charge >= 0.3 is 0 Å². The van der Waals surface area contributed by atoms with Crippen LogP contribution in [0.15, 0.2) is 35.5 Å². The maximum absolute atomic E-state index is 13.1. The Labute approximate surface area is 186 Å². The molecule has 2 atom stereocenters. The van der Waals surface area contributed by atoms with Gasteiger partial charge in [-0.15, -0.1) is 0 Å². The summed E-state index contributed by atoms with van der Waals surface area (Å²) in [5.41, 5.74) is 1.04. The van der Waals surface area contributed by atoms with Crippen molar-refractivity contribution in [2.24, 2.45) is 0 Å². The van der Waals surface area contributed by atoms with E-state index in [1.54, 1.807) is 18.5 Å². The lowest BCUT2D eigenvalue weighted by atomic mass is 10.2. The second-order valence-corrected chi connectivity index (χ2v) is 10.9. The summed E-state index contributed by atoms with van der Waals surface area (Å²) in [7, 11) is -3.68. The van der Waals surface area contributed by atoms with Crippen LogP contribution in [0, 0.1) is 0 Å². The number of hydrogen-bond donors (Lipinski definition) is 0. The summed E-state index contributed by atoms with van der Waals surface area (Å²) in [6.07, 6.45) is 6.59. The number of hydrogen-bond acceptors (Lipinski definition) is 6. The van der Waals surface area contributed by atoms with Gasteiger partial charge in [-0.25, -0.2) is 13.4 Å². The van der Waals surface area contributed by atoms with Gasteiger partial charge in [0.25, 0.3) is 0 Å². The Morgan fingerprint density at radius 3 is 2.60 bits per heavy atom. The second-order valence-electron chi connectivity index (χ2n) is 8.12. The van der Waals surface area contributed by atoms with Crippen molar-refractivity contribution in [1.29, 1.82) is 0 Å². The highest BCUT2D eigenvalue weighted by Gasteiger charge is 2.41. The van der Waals surface area contributed by atoms with Crippen LogP contribution in [0.1, 0.15) is 30.9 Å². The van der Waals surface area contributed by atoms with Crippen LogP contribution in [0.4, 0.5) is 0 Å². The Morgan fingerprint density at radius 1 is 1.07 bits per heavy atom. The van der Waals surface area contributed by atoms with E-state index in [1.807, 2.05) is 0 Å². The molecule has 2 aromatic rings. The van der Waals surface area contributed by atoms with Crippen molar-refractivity contribution in [2.75, 3.05) is 26.2 Å². The van der Waals surface area contributed by atoms with Crippen molar-refractivity contribution in [1.82, 2.24) is 19.2 Å². The standard InChI is InChI=1S/C20H22Cl2N4O3S/c21-14-3-4-19(17(22)7-14)30(27,28)26-6-5-25-12-16(8-15(25)11-26)29-20-10-23-18(9-24-20)13-1-2-13/h3-4,7,9-10,13,15-16H,1-2,5-6,8,11-12H2/t15-,16+/m0/s1. The van der Waals surface area contributed by atoms with Crippen LogP contribution >= 0.6 is 23.2 Å². The Bertz CT molecular complexity index is 1050. The minimum Gasteiger partial charge on any atom is -0.472 e. The van der Waals surface area contributed by atoms with Gasteiger partial charge in [0, 0.05) is 49.6 Å². The summed E-state index contributed by atoms with van der Waals surface area (Å²) in [5, 5.41) is 0.554. The van der Waals surface area contributed by atoms with Crippen molar-refractivity contribution < 1.29 is 13.2 Å². The molecule has 0 unspecified atom stereocenters. The highest BCUT2D eigenvalue weighted by atomic mass is 35.5. The first-order valence-electron chi connectivity index (χ1n) is 10.1. The fraction of sp³-hybridized carbons (Fsp3) is 0.500. The van der Waals surface area contributed by atoms with E-state index in [0.717, 1.165) is 18.7 Å². The number of rotatable bonds is 5. The SMILES string of the molecule is O=S(=O)(c1ccc(Cl)cc1Cl)N1CCN2C[C@H](Oc3cnc(C4CC4)cn3)C[C@H]2C1. The van der Waals surface area contributed by atoms with E-state index in [0.29, 0.717) is 36.5 Å². The van der Waals surface area contributed by atoms with Crippen molar-refractivity contribution in [3.63, 3.8) is 0 Å². The van der Waals surface area contributed by atoms with Gasteiger partial charge in [0.1, 0.15) is 11.0 Å². The van der Waals surface area contributed by atoms with Crippen LogP contribution in [0.5, 0.6) is 5.88 Å². The molecule has 10 heteroatoms. The summed E-state index contributed by atoms with van der Waals surface area (Å²) in [6.45, 7) is 2.24. The quantitative estimate of drug-likeness (QED) is 0.670. The van der Waals surface area contributed by atoms with Gasteiger partial charge in [-0.3, -0.25) is 9.88 Å². The van der Waals surface area contributed by atoms with Crippen LogP contribution in [0.2, 0.25) is 10.0 Å². The highest BCUT2D eigenvalue weighted by Crippen LogP contribution is 2.38. The van der Waals surface area contributed by atoms with E-state index < -0.39 is 10.0 Å². The minimum atomic E-state index is -3.68. The van der Waals surface area contributed by atoms with Crippen molar-refractivity contribution in [2.45, 2.75) is 42.2 Å². The van der Waals surface area contributed by atoms with E-state index in [-0.39, 0.29) is 22.1 Å². The topological polar surface area (TPSA) is 75.6 Å². The number of benzene rings is 1. The predicted molar refractivity (Wildman–Crippen MR) is 114 cm³/mol. The van der Waals surface area contributed by atoms with E-state index in [2.05, 4.69) is 14.9 Å². The average molecular weight is 469 g/mol. The monoisotopic (exact) mass is 468 g/mol. The number of ether oxygens (including phenoxy) is 1. The number of sulfonamides is 1. The molecule has 1 aromatic heterocycles. The Balaban J connectivity index is 1.24. The summed E-state index contributed by atoms with van der Waals surface area (Å²) >= 11 is 12.1. The fourth-order valence-corrected chi connectivity index (χ4v) is 6.46. The molecule has 1 saturated carbocycles. The second kappa shape index (κ2) is 7.91. The molecule has 1 aliphatic carbocycles. The largest absolute Gasteiger partial charge is 0.472 e. The molecule has 3 fully saturated rings. The van der Waals surface area contributed by atoms with Gasteiger partial charge in [0.15, 0.2) is 0 Å². The van der Waals surface area contributed by atoms with Crippen LogP contribution in [0.3, 0.4) is 0 Å². The molecule has 0 radical (unpaired) electrons. The molecular weight excluding hydrogens is 447 g/mol. The van der Waals surface area contributed by atoms with Crippen LogP contribution in [-0.4, -0.2) is 65.9 Å². The third-order valence-corrected chi connectivity index (χ3v) is 8.57. The highest BCUT2D eigenvalue weighted by molar-refractivity contribution is 7.89. The summed E-state index contributed by atoms with van der Waals surface area (Å²) in [4.78, 5) is 11.2. The van der Waals surface area contributed by atoms with E-state index in [1.165, 1.54) is 29.3 Å². The molecule has 160 valence electrons. The lowest BCUT2D eigenvalue weighted by Gasteiger charge is -2.36. The smallest absolute Gasteiger partial charge is 0.244 e. The third-order valence-electron chi connectivity index (χ3n) is 5.98. The first kappa shape index (κ1) is 20.5. The number of aromatic nitrogens is 2. The van der Waals surface area contributed by atoms with Crippen molar-refractivity contribution in [3.8, 4) is 5.88 Å². The summed E-state index contributed by atoms with van der Waals surface area (Å²) in [6, 6.07) is 4.58. The molecule has 5 rings (SSSR count). The molecule has 1 aromatic carbocycles. The van der Waals surface area contributed by atoms with E-state index >= 15 is 0 Å². The maximum atomic E-state index is 13.1. The number of fused-ring (bicyclic) bond motifs is 1. The molecular formula is C20H22Cl2N4O3S. The average Bonchev–Trinajstić information content (AvgIpc) is 3.48. The van der Waals surface area contributed by atoms with E-state index in [4.69, 9.17) is 27.9 Å². The van der Waals surface area contributed by atoms with Gasteiger partial charge in [-0.05, 0) is 31.0 Å². The molecule has 2 aliphatic heterocycles. The molecule has 3 aliphatic rings. The number of nitrogens with zero attached hydrogens (tertiary/aromatic N) is 4. The lowest BCUT2D eigenvalue weighted by molar-refractivity contribution is 0.151.